The topological polar surface area (TPSA) is 94.5 Å². The highest BCUT2D eigenvalue weighted by atomic mass is 16.1. The zero-order valence-corrected chi connectivity index (χ0v) is 10.00. The Kier molecular flexibility index (Phi) is 3.30. The number of nitrogens with two attached hydrogens (primary N) is 1. The SMILES string of the molecule is C=NN1C(c2cccc(N)c2)=CC(=O)N/C1=C\C#N. The van der Waals surface area contributed by atoms with Gasteiger partial charge in [0, 0.05) is 24.0 Å². The second-order valence-electron chi connectivity index (χ2n) is 3.76. The van der Waals surface area contributed by atoms with Crippen molar-refractivity contribution in [3.05, 3.63) is 47.8 Å². The fraction of sp³-hybridized carbons (Fsp3) is 0. The van der Waals surface area contributed by atoms with Crippen molar-refractivity contribution in [3.63, 3.8) is 0 Å². The summed E-state index contributed by atoms with van der Waals surface area (Å²) in [7, 11) is 0. The molecule has 6 nitrogen and oxygen atoms in total. The van der Waals surface area contributed by atoms with Crippen LogP contribution in [-0.2, 0) is 4.79 Å². The van der Waals surface area contributed by atoms with E-state index in [0.29, 0.717) is 16.9 Å². The average molecular weight is 253 g/mol. The van der Waals surface area contributed by atoms with Gasteiger partial charge in [0.2, 0.25) is 0 Å². The summed E-state index contributed by atoms with van der Waals surface area (Å²) in [4.78, 5) is 11.6. The van der Waals surface area contributed by atoms with Gasteiger partial charge < -0.3 is 11.1 Å². The van der Waals surface area contributed by atoms with Gasteiger partial charge in [-0.2, -0.15) is 10.4 Å². The van der Waals surface area contributed by atoms with Gasteiger partial charge in [0.1, 0.15) is 5.82 Å². The Balaban J connectivity index is 2.54. The Hall–Kier alpha value is -3.07. The molecule has 0 atom stereocenters. The van der Waals surface area contributed by atoms with E-state index in [-0.39, 0.29) is 11.7 Å². The molecule has 0 radical (unpaired) electrons. The fourth-order valence-electron chi connectivity index (χ4n) is 1.74. The molecule has 0 saturated carbocycles. The number of hydrogen-bond donors (Lipinski definition) is 2. The van der Waals surface area contributed by atoms with E-state index < -0.39 is 0 Å². The molecule has 1 aliphatic rings. The van der Waals surface area contributed by atoms with Crippen molar-refractivity contribution in [3.8, 4) is 6.07 Å². The van der Waals surface area contributed by atoms with Crippen LogP contribution in [-0.4, -0.2) is 17.6 Å². The van der Waals surface area contributed by atoms with Crippen LogP contribution in [0.25, 0.3) is 5.70 Å². The maximum atomic E-state index is 11.6. The molecule has 0 spiro atoms. The van der Waals surface area contributed by atoms with E-state index in [4.69, 9.17) is 11.0 Å². The van der Waals surface area contributed by atoms with Gasteiger partial charge in [0.05, 0.1) is 17.8 Å². The third-order valence-electron chi connectivity index (χ3n) is 2.50. The van der Waals surface area contributed by atoms with E-state index in [1.807, 2.05) is 6.07 Å². The minimum Gasteiger partial charge on any atom is -0.399 e. The molecule has 1 amide bonds. The molecule has 0 aromatic heterocycles. The number of amides is 1. The molecule has 94 valence electrons. The van der Waals surface area contributed by atoms with Gasteiger partial charge in [-0.15, -0.1) is 0 Å². The molecule has 2 rings (SSSR count). The van der Waals surface area contributed by atoms with E-state index in [0.717, 1.165) is 0 Å². The molecule has 19 heavy (non-hydrogen) atoms. The molecule has 6 heteroatoms. The maximum Gasteiger partial charge on any atom is 0.251 e. The number of carbonyl (C=O) groups excluding carboxylic acids is 1. The molecule has 1 aliphatic heterocycles. The summed E-state index contributed by atoms with van der Waals surface area (Å²) in [6.07, 6.45) is 2.56. The molecule has 1 heterocycles. The van der Waals surface area contributed by atoms with Gasteiger partial charge in [-0.25, -0.2) is 5.01 Å². The number of anilines is 1. The predicted octanol–water partition coefficient (Wildman–Crippen LogP) is 1.02. The second kappa shape index (κ2) is 5.06. The number of nitrogens with one attached hydrogen (secondary N) is 1. The monoisotopic (exact) mass is 253 g/mol. The van der Waals surface area contributed by atoms with Crippen molar-refractivity contribution in [1.82, 2.24) is 10.3 Å². The Morgan fingerprint density at radius 2 is 2.32 bits per heavy atom. The third kappa shape index (κ3) is 2.45. The summed E-state index contributed by atoms with van der Waals surface area (Å²) in [5.41, 5.74) is 7.51. The zero-order chi connectivity index (χ0) is 13.8. The van der Waals surface area contributed by atoms with Gasteiger partial charge in [-0.3, -0.25) is 4.79 Å². The number of hydrogen-bond acceptors (Lipinski definition) is 5. The van der Waals surface area contributed by atoms with Crippen LogP contribution in [0.1, 0.15) is 5.56 Å². The summed E-state index contributed by atoms with van der Waals surface area (Å²) < 4.78 is 0. The standard InChI is InChI=1S/C13H11N5O/c1-16-18-11(9-3-2-4-10(15)7-9)8-13(19)17-12(18)5-6-14/h2-5,7-8H,1,15H2,(H,17,19)/b12-5+. The number of benzene rings is 1. The highest BCUT2D eigenvalue weighted by Crippen LogP contribution is 2.26. The Morgan fingerprint density at radius 3 is 2.95 bits per heavy atom. The van der Waals surface area contributed by atoms with Gasteiger partial charge in [-0.1, -0.05) is 12.1 Å². The fourth-order valence-corrected chi connectivity index (χ4v) is 1.74. The largest absolute Gasteiger partial charge is 0.399 e. The summed E-state index contributed by atoms with van der Waals surface area (Å²) in [5.74, 6) is -0.0822. The van der Waals surface area contributed by atoms with Crippen LogP contribution in [0.15, 0.2) is 47.3 Å². The number of carbonyl (C=O) groups is 1. The first-order chi connectivity index (χ1) is 9.15. The van der Waals surface area contributed by atoms with E-state index in [1.54, 1.807) is 24.3 Å². The molecule has 1 aromatic carbocycles. The molecule has 1 aromatic rings. The second-order valence-corrected chi connectivity index (χ2v) is 3.76. The van der Waals surface area contributed by atoms with Crippen molar-refractivity contribution in [2.24, 2.45) is 5.10 Å². The summed E-state index contributed by atoms with van der Waals surface area (Å²) in [6, 6.07) is 8.87. The third-order valence-corrected chi connectivity index (χ3v) is 2.50. The van der Waals surface area contributed by atoms with Crippen LogP contribution in [0.5, 0.6) is 0 Å². The highest BCUT2D eigenvalue weighted by molar-refractivity contribution is 5.98. The lowest BCUT2D eigenvalue weighted by Gasteiger charge is -2.27. The average Bonchev–Trinajstić information content (AvgIpc) is 2.38. The number of allylic oxidation sites excluding steroid dienone is 1. The van der Waals surface area contributed by atoms with Gasteiger partial charge in [0.25, 0.3) is 5.91 Å². The van der Waals surface area contributed by atoms with E-state index in [1.165, 1.54) is 17.2 Å². The molecule has 0 bridgehead atoms. The van der Waals surface area contributed by atoms with Gasteiger partial charge in [-0.05, 0) is 12.1 Å². The highest BCUT2D eigenvalue weighted by Gasteiger charge is 2.23. The summed E-state index contributed by atoms with van der Waals surface area (Å²) >= 11 is 0. The first-order valence-corrected chi connectivity index (χ1v) is 5.41. The quantitative estimate of drug-likeness (QED) is 0.467. The predicted molar refractivity (Wildman–Crippen MR) is 72.1 cm³/mol. The molecular formula is C13H11N5O. The molecule has 0 unspecified atom stereocenters. The van der Waals surface area contributed by atoms with Crippen LogP contribution in [0.4, 0.5) is 5.69 Å². The number of rotatable bonds is 2. The normalized spacial score (nSPS) is 16.6. The number of nitriles is 1. The van der Waals surface area contributed by atoms with Crippen LogP contribution >= 0.6 is 0 Å². The Labute approximate surface area is 110 Å². The Morgan fingerprint density at radius 1 is 1.53 bits per heavy atom. The Bertz CT molecular complexity index is 639. The van der Waals surface area contributed by atoms with Crippen molar-refractivity contribution in [2.45, 2.75) is 0 Å². The van der Waals surface area contributed by atoms with E-state index in [2.05, 4.69) is 17.1 Å². The number of hydrazone groups is 1. The molecule has 0 aliphatic carbocycles. The number of nitrogens with zero attached hydrogens (tertiary/aromatic N) is 3. The van der Waals surface area contributed by atoms with Crippen molar-refractivity contribution in [1.29, 1.82) is 5.26 Å². The van der Waals surface area contributed by atoms with Crippen LogP contribution in [0.3, 0.4) is 0 Å². The summed E-state index contributed by atoms with van der Waals surface area (Å²) in [6.45, 7) is 3.44. The van der Waals surface area contributed by atoms with E-state index >= 15 is 0 Å². The van der Waals surface area contributed by atoms with Crippen molar-refractivity contribution in [2.75, 3.05) is 5.73 Å². The minimum absolute atomic E-state index is 0.252. The smallest absolute Gasteiger partial charge is 0.251 e. The lowest BCUT2D eigenvalue weighted by atomic mass is 10.1. The first kappa shape index (κ1) is 12.4. The van der Waals surface area contributed by atoms with Gasteiger partial charge >= 0.3 is 0 Å². The van der Waals surface area contributed by atoms with Crippen LogP contribution in [0, 0.1) is 11.3 Å². The molecule has 3 N–H and O–H groups in total. The maximum absolute atomic E-state index is 11.6. The minimum atomic E-state index is -0.334. The molecule has 0 saturated heterocycles. The van der Waals surface area contributed by atoms with Gasteiger partial charge in [0.15, 0.2) is 0 Å². The molecule has 0 fully saturated rings. The van der Waals surface area contributed by atoms with Crippen LogP contribution in [0.2, 0.25) is 0 Å². The lowest BCUT2D eigenvalue weighted by Crippen LogP contribution is -2.35. The van der Waals surface area contributed by atoms with Crippen LogP contribution < -0.4 is 11.1 Å². The van der Waals surface area contributed by atoms with Crippen molar-refractivity contribution >= 4 is 24.0 Å². The van der Waals surface area contributed by atoms with Crippen molar-refractivity contribution < 1.29 is 4.79 Å². The lowest BCUT2D eigenvalue weighted by molar-refractivity contribution is -0.116. The number of nitrogen functional groups attached to an aromatic ring is 1. The zero-order valence-electron chi connectivity index (χ0n) is 10.00. The molecular weight excluding hydrogens is 242 g/mol. The van der Waals surface area contributed by atoms with E-state index in [9.17, 15) is 4.79 Å². The first-order valence-electron chi connectivity index (χ1n) is 5.41. The summed E-state index contributed by atoms with van der Waals surface area (Å²) in [5, 5.41) is 16.4.